The van der Waals surface area contributed by atoms with Gasteiger partial charge in [0.2, 0.25) is 5.91 Å². The summed E-state index contributed by atoms with van der Waals surface area (Å²) in [6.07, 6.45) is 5.45. The molecule has 1 amide bonds. The Morgan fingerprint density at radius 1 is 1.09 bits per heavy atom. The first kappa shape index (κ1) is 13.1. The van der Waals surface area contributed by atoms with E-state index in [-0.39, 0.29) is 5.91 Å². The minimum absolute atomic E-state index is 0.211. The van der Waals surface area contributed by atoms with Gasteiger partial charge in [-0.3, -0.25) is 4.79 Å². The predicted molar refractivity (Wildman–Crippen MR) is 49.3 cm³/mol. The van der Waals surface area contributed by atoms with Gasteiger partial charge in [-0.1, -0.05) is 40.0 Å². The quantitative estimate of drug-likeness (QED) is 0.672. The minimum atomic E-state index is -0.211. The molecule has 0 aromatic carbocycles. The smallest absolute Gasteiger partial charge is 0.217 e. The van der Waals surface area contributed by atoms with Crippen LogP contribution >= 0.6 is 0 Å². The van der Waals surface area contributed by atoms with Crippen LogP contribution in [0.4, 0.5) is 0 Å². The number of carbonyl (C=O) groups is 1. The molecule has 2 nitrogen and oxygen atoms in total. The lowest BCUT2D eigenvalue weighted by molar-refractivity contribution is -0.118. The van der Waals surface area contributed by atoms with E-state index in [1.807, 2.05) is 6.92 Å². The highest BCUT2D eigenvalue weighted by Gasteiger charge is 1.84. The third-order valence-electron chi connectivity index (χ3n) is 1.20. The van der Waals surface area contributed by atoms with Gasteiger partial charge in [-0.05, 0) is 6.42 Å². The summed E-state index contributed by atoms with van der Waals surface area (Å²) in [5.41, 5.74) is 4.76. The normalized spacial score (nSPS) is 8.27. The molecule has 0 aromatic heterocycles. The predicted octanol–water partition coefficient (Wildman–Crippen LogP) is 2.47. The fraction of sp³-hybridized carbons (Fsp3) is 0.889. The van der Waals surface area contributed by atoms with Gasteiger partial charge in [0, 0.05) is 6.42 Å². The number of rotatable bonds is 4. The minimum Gasteiger partial charge on any atom is -0.370 e. The molecule has 0 spiro atoms. The molecule has 2 N–H and O–H groups in total. The molecule has 0 unspecified atom stereocenters. The Morgan fingerprint density at radius 3 is 1.55 bits per heavy atom. The molecule has 0 heterocycles. The van der Waals surface area contributed by atoms with E-state index in [4.69, 9.17) is 5.73 Å². The van der Waals surface area contributed by atoms with Crippen molar-refractivity contribution >= 4 is 5.91 Å². The van der Waals surface area contributed by atoms with Crippen molar-refractivity contribution in [1.82, 2.24) is 0 Å². The first-order valence-electron chi connectivity index (χ1n) is 4.47. The van der Waals surface area contributed by atoms with Crippen LogP contribution in [0.3, 0.4) is 0 Å². The van der Waals surface area contributed by atoms with Crippen molar-refractivity contribution in [2.24, 2.45) is 5.73 Å². The van der Waals surface area contributed by atoms with Crippen LogP contribution in [0.25, 0.3) is 0 Å². The van der Waals surface area contributed by atoms with E-state index in [0.717, 1.165) is 6.42 Å². The zero-order valence-electron chi connectivity index (χ0n) is 8.02. The molecule has 0 bridgehead atoms. The Balaban J connectivity index is 0. The van der Waals surface area contributed by atoms with Gasteiger partial charge in [-0.25, -0.2) is 0 Å². The second-order valence-corrected chi connectivity index (χ2v) is 2.57. The van der Waals surface area contributed by atoms with Crippen LogP contribution < -0.4 is 5.73 Å². The van der Waals surface area contributed by atoms with Crippen molar-refractivity contribution in [3.8, 4) is 0 Å². The molecule has 11 heavy (non-hydrogen) atoms. The third-order valence-corrected chi connectivity index (χ3v) is 1.20. The summed E-state index contributed by atoms with van der Waals surface area (Å²) < 4.78 is 0. The Morgan fingerprint density at radius 2 is 1.55 bits per heavy atom. The summed E-state index contributed by atoms with van der Waals surface area (Å²) in [7, 11) is 0. The number of nitrogens with two attached hydrogens (primary N) is 1. The zero-order valence-corrected chi connectivity index (χ0v) is 8.02. The van der Waals surface area contributed by atoms with Gasteiger partial charge in [0.1, 0.15) is 0 Å². The number of amides is 1. The Kier molecular flexibility index (Phi) is 14.5. The molecule has 0 atom stereocenters. The molecule has 0 aliphatic heterocycles. The molecular formula is C9H21NO. The number of hydrogen-bond acceptors (Lipinski definition) is 1. The number of unbranched alkanes of at least 4 members (excludes halogenated alkanes) is 2. The average Bonchev–Trinajstić information content (AvgIpc) is 1.90. The average molecular weight is 159 g/mol. The first-order chi connectivity index (χ1) is 5.18. The summed E-state index contributed by atoms with van der Waals surface area (Å²) >= 11 is 0. The van der Waals surface area contributed by atoms with Crippen LogP contribution in [0, 0.1) is 0 Å². The van der Waals surface area contributed by atoms with Crippen molar-refractivity contribution in [2.75, 3.05) is 0 Å². The standard InChI is InChI=1S/C5H12.C4H9NO/c1-3-5-4-2;1-2-3-4(5)6/h3-5H2,1-2H3;2-3H2,1H3,(H2,5,6). The highest BCUT2D eigenvalue weighted by molar-refractivity contribution is 5.73. The van der Waals surface area contributed by atoms with Gasteiger partial charge < -0.3 is 5.73 Å². The fourth-order valence-corrected chi connectivity index (χ4v) is 0.600. The van der Waals surface area contributed by atoms with E-state index in [1.165, 1.54) is 19.3 Å². The van der Waals surface area contributed by atoms with Gasteiger partial charge in [0.25, 0.3) is 0 Å². The molecule has 2 heteroatoms. The van der Waals surface area contributed by atoms with Crippen molar-refractivity contribution in [3.63, 3.8) is 0 Å². The maximum absolute atomic E-state index is 9.82. The summed E-state index contributed by atoms with van der Waals surface area (Å²) in [6.45, 7) is 6.34. The Hall–Kier alpha value is -0.530. The SMILES string of the molecule is CCCC(N)=O.CCCCC. The molecule has 0 radical (unpaired) electrons. The van der Waals surface area contributed by atoms with Gasteiger partial charge in [-0.2, -0.15) is 0 Å². The molecule has 0 rings (SSSR count). The molecule has 0 aliphatic carbocycles. The van der Waals surface area contributed by atoms with Gasteiger partial charge in [0.05, 0.1) is 0 Å². The summed E-state index contributed by atoms with van der Waals surface area (Å²) in [6, 6.07) is 0. The second kappa shape index (κ2) is 12.2. The van der Waals surface area contributed by atoms with Crippen LogP contribution in [-0.4, -0.2) is 5.91 Å². The lowest BCUT2D eigenvalue weighted by atomic mass is 10.3. The largest absolute Gasteiger partial charge is 0.370 e. The molecule has 0 saturated carbocycles. The van der Waals surface area contributed by atoms with E-state index in [2.05, 4.69) is 13.8 Å². The fourth-order valence-electron chi connectivity index (χ4n) is 0.600. The maximum atomic E-state index is 9.82. The molecular weight excluding hydrogens is 138 g/mol. The topological polar surface area (TPSA) is 43.1 Å². The molecule has 0 aromatic rings. The monoisotopic (exact) mass is 159 g/mol. The Labute approximate surface area is 70.2 Å². The summed E-state index contributed by atoms with van der Waals surface area (Å²) in [5, 5.41) is 0. The molecule has 68 valence electrons. The van der Waals surface area contributed by atoms with Gasteiger partial charge in [-0.15, -0.1) is 0 Å². The maximum Gasteiger partial charge on any atom is 0.217 e. The van der Waals surface area contributed by atoms with E-state index < -0.39 is 0 Å². The van der Waals surface area contributed by atoms with E-state index in [9.17, 15) is 4.79 Å². The van der Waals surface area contributed by atoms with Crippen LogP contribution in [0.2, 0.25) is 0 Å². The van der Waals surface area contributed by atoms with E-state index in [1.54, 1.807) is 0 Å². The lowest BCUT2D eigenvalue weighted by Crippen LogP contribution is -2.08. The van der Waals surface area contributed by atoms with E-state index in [0.29, 0.717) is 6.42 Å². The van der Waals surface area contributed by atoms with Crippen LogP contribution in [0.1, 0.15) is 52.9 Å². The molecule has 0 saturated heterocycles. The highest BCUT2D eigenvalue weighted by atomic mass is 16.1. The second-order valence-electron chi connectivity index (χ2n) is 2.57. The van der Waals surface area contributed by atoms with Crippen LogP contribution in [0.5, 0.6) is 0 Å². The number of carbonyl (C=O) groups excluding carboxylic acids is 1. The number of hydrogen-bond donors (Lipinski definition) is 1. The highest BCUT2D eigenvalue weighted by Crippen LogP contribution is 1.88. The Bertz CT molecular complexity index is 79.6. The van der Waals surface area contributed by atoms with Crippen molar-refractivity contribution < 1.29 is 4.79 Å². The first-order valence-corrected chi connectivity index (χ1v) is 4.47. The number of primary amides is 1. The third kappa shape index (κ3) is 26.4. The van der Waals surface area contributed by atoms with Gasteiger partial charge in [0.15, 0.2) is 0 Å². The zero-order chi connectivity index (χ0) is 9.11. The van der Waals surface area contributed by atoms with Crippen molar-refractivity contribution in [1.29, 1.82) is 0 Å². The summed E-state index contributed by atoms with van der Waals surface area (Å²) in [4.78, 5) is 9.82. The van der Waals surface area contributed by atoms with Crippen LogP contribution in [-0.2, 0) is 4.79 Å². The van der Waals surface area contributed by atoms with Crippen molar-refractivity contribution in [2.45, 2.75) is 52.9 Å². The molecule has 0 aliphatic rings. The van der Waals surface area contributed by atoms with Gasteiger partial charge >= 0.3 is 0 Å². The van der Waals surface area contributed by atoms with E-state index >= 15 is 0 Å². The molecule has 0 fully saturated rings. The summed E-state index contributed by atoms with van der Waals surface area (Å²) in [5.74, 6) is -0.211. The lowest BCUT2D eigenvalue weighted by Gasteiger charge is -1.81. The van der Waals surface area contributed by atoms with Crippen molar-refractivity contribution in [3.05, 3.63) is 0 Å². The van der Waals surface area contributed by atoms with Crippen LogP contribution in [0.15, 0.2) is 0 Å².